The number of amides is 1. The molecule has 2 N–H and O–H groups in total. The van der Waals surface area contributed by atoms with Gasteiger partial charge in [0.2, 0.25) is 0 Å². The molecule has 0 bridgehead atoms. The van der Waals surface area contributed by atoms with Crippen molar-refractivity contribution in [3.8, 4) is 0 Å². The van der Waals surface area contributed by atoms with Gasteiger partial charge in [0.05, 0.1) is 23.6 Å². The van der Waals surface area contributed by atoms with Gasteiger partial charge in [-0.1, -0.05) is 29.3 Å². The van der Waals surface area contributed by atoms with Crippen molar-refractivity contribution in [3.63, 3.8) is 0 Å². The smallest absolute Gasteiger partial charge is 0.317 e. The van der Waals surface area contributed by atoms with Gasteiger partial charge in [0, 0.05) is 16.1 Å². The molecular formula is C17H14Cl2F3N5O. The third-order valence-electron chi connectivity index (χ3n) is 4.07. The third-order valence-corrected chi connectivity index (χ3v) is 4.66. The molecule has 28 heavy (non-hydrogen) atoms. The largest absolute Gasteiger partial charge is 0.432 e. The number of alkyl halides is 3. The normalized spacial score (nSPS) is 11.7. The van der Waals surface area contributed by atoms with Gasteiger partial charge in [-0.05, 0) is 31.5 Å². The molecule has 148 valence electrons. The monoisotopic (exact) mass is 431 g/mol. The van der Waals surface area contributed by atoms with Crippen LogP contribution in [0, 0.1) is 13.8 Å². The van der Waals surface area contributed by atoms with Crippen LogP contribution < -0.4 is 5.32 Å². The van der Waals surface area contributed by atoms with Crippen LogP contribution in [-0.2, 0) is 12.7 Å². The van der Waals surface area contributed by atoms with Crippen LogP contribution in [-0.4, -0.2) is 25.9 Å². The van der Waals surface area contributed by atoms with Gasteiger partial charge in [-0.15, -0.1) is 0 Å². The number of carbonyl (C=O) groups excluding carboxylic acids is 1. The first-order valence-corrected chi connectivity index (χ1v) is 8.73. The van der Waals surface area contributed by atoms with E-state index in [4.69, 9.17) is 23.2 Å². The van der Waals surface area contributed by atoms with E-state index in [1.54, 1.807) is 36.7 Å². The average Bonchev–Trinajstić information content (AvgIpc) is 3.19. The molecule has 0 saturated heterocycles. The lowest BCUT2D eigenvalue weighted by atomic mass is 10.2. The number of aromatic nitrogens is 4. The summed E-state index contributed by atoms with van der Waals surface area (Å²) in [4.78, 5) is 12.3. The van der Waals surface area contributed by atoms with E-state index in [2.05, 4.69) is 15.5 Å². The molecule has 0 radical (unpaired) electrons. The maximum atomic E-state index is 12.7. The number of aryl methyl sites for hydroxylation is 1. The highest BCUT2D eigenvalue weighted by Gasteiger charge is 2.34. The highest BCUT2D eigenvalue weighted by molar-refractivity contribution is 6.35. The summed E-state index contributed by atoms with van der Waals surface area (Å²) in [6.45, 7) is 3.73. The Morgan fingerprint density at radius 3 is 2.57 bits per heavy atom. The fraction of sp³-hybridized carbons (Fsp3) is 0.235. The van der Waals surface area contributed by atoms with Crippen molar-refractivity contribution in [1.82, 2.24) is 20.0 Å². The van der Waals surface area contributed by atoms with E-state index in [0.29, 0.717) is 39.7 Å². The molecule has 11 heteroatoms. The highest BCUT2D eigenvalue weighted by atomic mass is 35.5. The first-order valence-electron chi connectivity index (χ1n) is 7.98. The predicted molar refractivity (Wildman–Crippen MR) is 98.8 cm³/mol. The Labute approximate surface area is 167 Å². The van der Waals surface area contributed by atoms with Crippen LogP contribution in [0.4, 0.5) is 18.9 Å². The van der Waals surface area contributed by atoms with E-state index in [1.165, 1.54) is 0 Å². The van der Waals surface area contributed by atoms with Crippen molar-refractivity contribution in [3.05, 3.63) is 62.6 Å². The minimum Gasteiger partial charge on any atom is -0.317 e. The maximum absolute atomic E-state index is 12.7. The zero-order chi connectivity index (χ0) is 20.6. The van der Waals surface area contributed by atoms with E-state index >= 15 is 0 Å². The molecule has 3 rings (SSSR count). The quantitative estimate of drug-likeness (QED) is 0.619. The van der Waals surface area contributed by atoms with E-state index in [0.717, 1.165) is 5.56 Å². The SMILES string of the molecule is Cc1nn(Cc2ccc(Cl)cc2Cl)c(C)c1NC(=O)c1cc(C(F)(F)F)[nH]n1. The van der Waals surface area contributed by atoms with E-state index in [1.807, 2.05) is 5.10 Å². The van der Waals surface area contributed by atoms with Crippen molar-refractivity contribution in [2.45, 2.75) is 26.6 Å². The molecule has 0 aliphatic heterocycles. The second-order valence-corrected chi connectivity index (χ2v) is 6.90. The van der Waals surface area contributed by atoms with Gasteiger partial charge < -0.3 is 5.32 Å². The minimum absolute atomic E-state index is 0.333. The molecule has 2 heterocycles. The highest BCUT2D eigenvalue weighted by Crippen LogP contribution is 2.28. The van der Waals surface area contributed by atoms with Crippen molar-refractivity contribution < 1.29 is 18.0 Å². The lowest BCUT2D eigenvalue weighted by molar-refractivity contribution is -0.141. The summed E-state index contributed by atoms with van der Waals surface area (Å²) >= 11 is 12.1. The molecule has 0 fully saturated rings. The van der Waals surface area contributed by atoms with Crippen LogP contribution in [0.25, 0.3) is 0 Å². The number of nitrogens with zero attached hydrogens (tertiary/aromatic N) is 3. The molecular weight excluding hydrogens is 418 g/mol. The molecule has 0 aliphatic carbocycles. The fourth-order valence-electron chi connectivity index (χ4n) is 2.60. The maximum Gasteiger partial charge on any atom is 0.432 e. The number of carbonyl (C=O) groups is 1. The zero-order valence-corrected chi connectivity index (χ0v) is 16.2. The first kappa shape index (κ1) is 20.2. The second-order valence-electron chi connectivity index (χ2n) is 6.06. The average molecular weight is 432 g/mol. The number of aromatic amines is 1. The van der Waals surface area contributed by atoms with Gasteiger partial charge in [0.15, 0.2) is 5.69 Å². The van der Waals surface area contributed by atoms with Crippen LogP contribution in [0.1, 0.15) is 33.1 Å². The second kappa shape index (κ2) is 7.48. The van der Waals surface area contributed by atoms with E-state index in [-0.39, 0.29) is 5.69 Å². The van der Waals surface area contributed by atoms with Gasteiger partial charge in [-0.25, -0.2) is 0 Å². The minimum atomic E-state index is -4.61. The molecule has 0 unspecified atom stereocenters. The van der Waals surface area contributed by atoms with Crippen LogP contribution in [0.2, 0.25) is 10.0 Å². The number of hydrogen-bond donors (Lipinski definition) is 2. The van der Waals surface area contributed by atoms with Gasteiger partial charge in [0.1, 0.15) is 5.69 Å². The molecule has 0 aliphatic rings. The molecule has 6 nitrogen and oxygen atoms in total. The predicted octanol–water partition coefficient (Wildman–Crippen LogP) is 4.85. The molecule has 1 aromatic carbocycles. The Bertz CT molecular complexity index is 1040. The zero-order valence-electron chi connectivity index (χ0n) is 14.7. The first-order chi connectivity index (χ1) is 13.1. The summed E-state index contributed by atoms with van der Waals surface area (Å²) in [5, 5.41) is 13.1. The Morgan fingerprint density at radius 2 is 1.96 bits per heavy atom. The lowest BCUT2D eigenvalue weighted by Gasteiger charge is -2.08. The van der Waals surface area contributed by atoms with E-state index < -0.39 is 17.8 Å². The van der Waals surface area contributed by atoms with Gasteiger partial charge >= 0.3 is 6.18 Å². The van der Waals surface area contributed by atoms with Crippen LogP contribution in [0.3, 0.4) is 0 Å². The Hall–Kier alpha value is -2.52. The topological polar surface area (TPSA) is 75.6 Å². The number of rotatable bonds is 4. The molecule has 0 spiro atoms. The van der Waals surface area contributed by atoms with Crippen LogP contribution in [0.15, 0.2) is 24.3 Å². The van der Waals surface area contributed by atoms with Crippen molar-refractivity contribution in [1.29, 1.82) is 0 Å². The summed E-state index contributed by atoms with van der Waals surface area (Å²) in [6, 6.07) is 5.73. The number of H-pyrrole nitrogens is 1. The fourth-order valence-corrected chi connectivity index (χ4v) is 3.07. The number of halogens is 5. The van der Waals surface area contributed by atoms with Crippen molar-refractivity contribution >= 4 is 34.8 Å². The summed E-state index contributed by atoms with van der Waals surface area (Å²) in [6.07, 6.45) is -4.61. The van der Waals surface area contributed by atoms with Crippen LogP contribution >= 0.6 is 23.2 Å². The molecule has 3 aromatic rings. The Morgan fingerprint density at radius 1 is 1.25 bits per heavy atom. The summed E-state index contributed by atoms with van der Waals surface area (Å²) in [7, 11) is 0. The lowest BCUT2D eigenvalue weighted by Crippen LogP contribution is -2.14. The molecule has 1 amide bonds. The van der Waals surface area contributed by atoms with E-state index in [9.17, 15) is 18.0 Å². The summed E-state index contributed by atoms with van der Waals surface area (Å²) in [5.41, 5.74) is 0.813. The number of hydrogen-bond acceptors (Lipinski definition) is 3. The third kappa shape index (κ3) is 4.15. The number of nitrogens with one attached hydrogen (secondary N) is 2. The molecule has 0 saturated carbocycles. The summed E-state index contributed by atoms with van der Waals surface area (Å²) < 4.78 is 39.6. The van der Waals surface area contributed by atoms with Crippen LogP contribution in [0.5, 0.6) is 0 Å². The summed E-state index contributed by atoms with van der Waals surface area (Å²) in [5.74, 6) is -0.776. The molecule has 0 atom stereocenters. The Kier molecular flexibility index (Phi) is 5.40. The van der Waals surface area contributed by atoms with Crippen molar-refractivity contribution in [2.24, 2.45) is 0 Å². The van der Waals surface area contributed by atoms with Gasteiger partial charge in [0.25, 0.3) is 5.91 Å². The standard InChI is InChI=1S/C17H14Cl2F3N5O/c1-8-15(23-16(28)13-6-14(25-24-13)17(20,21)22)9(2)27(26-8)7-10-3-4-11(18)5-12(10)19/h3-6H,7H2,1-2H3,(H,23,28)(H,24,25). The molecule has 2 aromatic heterocycles. The van der Waals surface area contributed by atoms with Gasteiger partial charge in [-0.2, -0.15) is 23.4 Å². The number of anilines is 1. The number of benzene rings is 1. The van der Waals surface area contributed by atoms with Gasteiger partial charge in [-0.3, -0.25) is 14.6 Å². The Balaban J connectivity index is 1.82. The van der Waals surface area contributed by atoms with Crippen molar-refractivity contribution in [2.75, 3.05) is 5.32 Å².